The number of hydrogen-bond donors (Lipinski definition) is 1. The van der Waals surface area contributed by atoms with Crippen LogP contribution in [0.15, 0.2) is 12.3 Å². The van der Waals surface area contributed by atoms with Crippen LogP contribution in [0.5, 0.6) is 0 Å². The van der Waals surface area contributed by atoms with E-state index in [1.54, 1.807) is 6.20 Å². The van der Waals surface area contributed by atoms with Gasteiger partial charge in [-0.2, -0.15) is 0 Å². The van der Waals surface area contributed by atoms with Crippen LogP contribution in [-0.4, -0.2) is 17.3 Å². The second-order valence-electron chi connectivity index (χ2n) is 3.03. The Morgan fingerprint density at radius 2 is 2.33 bits per heavy atom. The van der Waals surface area contributed by atoms with Crippen molar-refractivity contribution in [1.82, 2.24) is 10.3 Å². The third kappa shape index (κ3) is 1.12. The van der Waals surface area contributed by atoms with Gasteiger partial charge in [0.1, 0.15) is 0 Å². The van der Waals surface area contributed by atoms with Gasteiger partial charge in [-0.05, 0) is 18.6 Å². The van der Waals surface area contributed by atoms with Crippen LogP contribution < -0.4 is 5.32 Å². The van der Waals surface area contributed by atoms with Crippen LogP contribution in [0.4, 0.5) is 0 Å². The molecule has 1 aliphatic heterocycles. The van der Waals surface area contributed by atoms with Gasteiger partial charge in [0.15, 0.2) is 5.78 Å². The van der Waals surface area contributed by atoms with Gasteiger partial charge < -0.3 is 5.32 Å². The summed E-state index contributed by atoms with van der Waals surface area (Å²) in [7, 11) is 0. The lowest BCUT2D eigenvalue weighted by Crippen LogP contribution is -2.30. The summed E-state index contributed by atoms with van der Waals surface area (Å²) >= 11 is 0. The van der Waals surface area contributed by atoms with Crippen molar-refractivity contribution >= 4 is 5.78 Å². The minimum atomic E-state index is 0.146. The molecular formula is C9H10N2O. The fourth-order valence-electron chi connectivity index (χ4n) is 1.37. The molecule has 2 heterocycles. The van der Waals surface area contributed by atoms with Crippen molar-refractivity contribution in [3.05, 3.63) is 29.1 Å². The molecule has 3 heteroatoms. The summed E-state index contributed by atoms with van der Waals surface area (Å²) in [6, 6.07) is 1.91. The van der Waals surface area contributed by atoms with E-state index in [0.29, 0.717) is 13.1 Å². The Morgan fingerprint density at radius 1 is 1.50 bits per heavy atom. The summed E-state index contributed by atoms with van der Waals surface area (Å²) in [4.78, 5) is 15.5. The number of carbonyl (C=O) groups is 1. The van der Waals surface area contributed by atoms with Crippen molar-refractivity contribution in [2.45, 2.75) is 13.5 Å². The number of pyridine rings is 1. The lowest BCUT2D eigenvalue weighted by atomic mass is 10.0. The van der Waals surface area contributed by atoms with E-state index < -0.39 is 0 Å². The molecule has 0 amide bonds. The van der Waals surface area contributed by atoms with Crippen molar-refractivity contribution in [3.8, 4) is 0 Å². The molecule has 0 unspecified atom stereocenters. The molecule has 12 heavy (non-hydrogen) atoms. The molecule has 62 valence electrons. The fraction of sp³-hybridized carbons (Fsp3) is 0.333. The van der Waals surface area contributed by atoms with Crippen molar-refractivity contribution in [2.24, 2.45) is 0 Å². The van der Waals surface area contributed by atoms with E-state index in [9.17, 15) is 4.79 Å². The zero-order valence-corrected chi connectivity index (χ0v) is 6.92. The van der Waals surface area contributed by atoms with Gasteiger partial charge in [-0.25, -0.2) is 0 Å². The first-order valence-corrected chi connectivity index (χ1v) is 3.97. The first-order valence-electron chi connectivity index (χ1n) is 3.97. The monoisotopic (exact) mass is 162 g/mol. The highest BCUT2D eigenvalue weighted by Crippen LogP contribution is 2.12. The lowest BCUT2D eigenvalue weighted by molar-refractivity contribution is 0.0981. The zero-order valence-electron chi connectivity index (χ0n) is 6.92. The molecule has 1 aromatic rings. The van der Waals surface area contributed by atoms with Gasteiger partial charge in [0.2, 0.25) is 0 Å². The van der Waals surface area contributed by atoms with Gasteiger partial charge in [0.05, 0.1) is 12.2 Å². The third-order valence-electron chi connectivity index (χ3n) is 1.99. The Labute approximate surface area is 70.8 Å². The Balaban J connectivity index is 2.54. The molecule has 3 nitrogen and oxygen atoms in total. The molecule has 0 atom stereocenters. The summed E-state index contributed by atoms with van der Waals surface area (Å²) in [5.41, 5.74) is 2.70. The van der Waals surface area contributed by atoms with E-state index >= 15 is 0 Å². The maximum atomic E-state index is 11.3. The van der Waals surface area contributed by atoms with Gasteiger partial charge in [-0.15, -0.1) is 0 Å². The second kappa shape index (κ2) is 2.68. The average Bonchev–Trinajstić information content (AvgIpc) is 2.07. The molecule has 0 aliphatic carbocycles. The predicted octanol–water partition coefficient (Wildman–Crippen LogP) is 0.676. The van der Waals surface area contributed by atoms with Gasteiger partial charge in [-0.3, -0.25) is 9.78 Å². The van der Waals surface area contributed by atoms with Gasteiger partial charge in [0, 0.05) is 18.3 Å². The van der Waals surface area contributed by atoms with E-state index in [2.05, 4.69) is 10.3 Å². The second-order valence-corrected chi connectivity index (χ2v) is 3.03. The van der Waals surface area contributed by atoms with Crippen LogP contribution in [-0.2, 0) is 6.54 Å². The number of nitrogens with zero attached hydrogens (tertiary/aromatic N) is 1. The van der Waals surface area contributed by atoms with E-state index in [1.165, 1.54) is 0 Å². The minimum absolute atomic E-state index is 0.146. The summed E-state index contributed by atoms with van der Waals surface area (Å²) in [5.74, 6) is 0.146. The van der Waals surface area contributed by atoms with Gasteiger partial charge >= 0.3 is 0 Å². The van der Waals surface area contributed by atoms with Crippen LogP contribution in [0.3, 0.4) is 0 Å². The molecule has 1 aromatic heterocycles. The number of aryl methyl sites for hydroxylation is 1. The molecule has 0 fully saturated rings. The Kier molecular flexibility index (Phi) is 1.66. The van der Waals surface area contributed by atoms with Gasteiger partial charge in [0.25, 0.3) is 0 Å². The summed E-state index contributed by atoms with van der Waals surface area (Å²) in [6.45, 7) is 3.10. The number of hydrogen-bond acceptors (Lipinski definition) is 3. The highest BCUT2D eigenvalue weighted by atomic mass is 16.1. The molecule has 2 rings (SSSR count). The average molecular weight is 162 g/mol. The molecule has 1 aliphatic rings. The highest BCUT2D eigenvalue weighted by molar-refractivity contribution is 5.99. The molecule has 0 radical (unpaired) electrons. The highest BCUT2D eigenvalue weighted by Gasteiger charge is 2.16. The number of fused-ring (bicyclic) bond motifs is 1. The van der Waals surface area contributed by atoms with E-state index in [0.717, 1.165) is 16.8 Å². The van der Waals surface area contributed by atoms with Crippen LogP contribution >= 0.6 is 0 Å². The number of aromatic nitrogens is 1. The Hall–Kier alpha value is -1.22. The standard InChI is InChI=1S/C9H10N2O/c1-6-2-7-8(11-3-6)4-10-5-9(7)12/h2-3,10H,4-5H2,1H3. The maximum absolute atomic E-state index is 11.3. The van der Waals surface area contributed by atoms with E-state index in [1.807, 2.05) is 13.0 Å². The SMILES string of the molecule is Cc1cnc2c(c1)C(=O)CNC2. The third-order valence-corrected chi connectivity index (χ3v) is 1.99. The predicted molar refractivity (Wildman–Crippen MR) is 45.0 cm³/mol. The first kappa shape index (κ1) is 7.43. The largest absolute Gasteiger partial charge is 0.304 e. The normalized spacial score (nSPS) is 15.9. The van der Waals surface area contributed by atoms with Crippen molar-refractivity contribution in [1.29, 1.82) is 0 Å². The quantitative estimate of drug-likeness (QED) is 0.609. The number of rotatable bonds is 0. The maximum Gasteiger partial charge on any atom is 0.178 e. The number of nitrogens with one attached hydrogen (secondary N) is 1. The molecule has 0 bridgehead atoms. The van der Waals surface area contributed by atoms with Crippen LogP contribution in [0.25, 0.3) is 0 Å². The van der Waals surface area contributed by atoms with Crippen molar-refractivity contribution in [3.63, 3.8) is 0 Å². The van der Waals surface area contributed by atoms with E-state index in [4.69, 9.17) is 0 Å². The van der Waals surface area contributed by atoms with Gasteiger partial charge in [-0.1, -0.05) is 0 Å². The molecular weight excluding hydrogens is 152 g/mol. The van der Waals surface area contributed by atoms with Crippen LogP contribution in [0, 0.1) is 6.92 Å². The van der Waals surface area contributed by atoms with Crippen LogP contribution in [0.1, 0.15) is 21.6 Å². The smallest absolute Gasteiger partial charge is 0.178 e. The number of ketones is 1. The van der Waals surface area contributed by atoms with Crippen molar-refractivity contribution < 1.29 is 4.79 Å². The Bertz CT molecular complexity index is 333. The lowest BCUT2D eigenvalue weighted by Gasteiger charge is -2.14. The topological polar surface area (TPSA) is 42.0 Å². The summed E-state index contributed by atoms with van der Waals surface area (Å²) < 4.78 is 0. The fourth-order valence-corrected chi connectivity index (χ4v) is 1.37. The Morgan fingerprint density at radius 3 is 3.17 bits per heavy atom. The molecule has 0 saturated heterocycles. The molecule has 0 saturated carbocycles. The minimum Gasteiger partial charge on any atom is -0.304 e. The summed E-state index contributed by atoms with van der Waals surface area (Å²) in [6.07, 6.45) is 1.79. The van der Waals surface area contributed by atoms with Crippen molar-refractivity contribution in [2.75, 3.05) is 6.54 Å². The van der Waals surface area contributed by atoms with Crippen LogP contribution in [0.2, 0.25) is 0 Å². The number of Topliss-reactive ketones (excluding diaryl/α,β-unsaturated/α-hetero) is 1. The summed E-state index contributed by atoms with van der Waals surface area (Å²) in [5, 5.41) is 3.00. The zero-order chi connectivity index (χ0) is 8.55. The number of carbonyl (C=O) groups excluding carboxylic acids is 1. The van der Waals surface area contributed by atoms with E-state index in [-0.39, 0.29) is 5.78 Å². The first-order chi connectivity index (χ1) is 5.77. The molecule has 0 aromatic carbocycles. The molecule has 0 spiro atoms. The molecule has 1 N–H and O–H groups in total.